The quantitative estimate of drug-likeness (QED) is 0.222. The molecule has 0 spiro atoms. The van der Waals surface area contributed by atoms with Gasteiger partial charge in [-0.1, -0.05) is 48.4 Å². The van der Waals surface area contributed by atoms with Gasteiger partial charge in [-0.3, -0.25) is 4.79 Å². The van der Waals surface area contributed by atoms with Crippen LogP contribution in [0.15, 0.2) is 85.2 Å². The van der Waals surface area contributed by atoms with Crippen molar-refractivity contribution in [1.82, 2.24) is 19.9 Å². The third-order valence-electron chi connectivity index (χ3n) is 5.89. The van der Waals surface area contributed by atoms with E-state index in [2.05, 4.69) is 37.4 Å². The molecule has 0 saturated heterocycles. The van der Waals surface area contributed by atoms with Gasteiger partial charge in [-0.05, 0) is 60.4 Å². The minimum atomic E-state index is -0.368. The van der Waals surface area contributed by atoms with Crippen LogP contribution in [0.5, 0.6) is 0 Å². The van der Waals surface area contributed by atoms with Gasteiger partial charge < -0.3 is 20.4 Å². The van der Waals surface area contributed by atoms with Crippen molar-refractivity contribution in [3.8, 4) is 23.2 Å². The summed E-state index contributed by atoms with van der Waals surface area (Å²) in [5.41, 5.74) is 4.36. The number of aromatic nitrogens is 4. The van der Waals surface area contributed by atoms with Gasteiger partial charge in [0.25, 0.3) is 5.91 Å². The number of nitrogens with zero attached hydrogens (tertiary/aromatic N) is 3. The van der Waals surface area contributed by atoms with Crippen LogP contribution in [0.4, 0.5) is 15.9 Å². The van der Waals surface area contributed by atoms with Crippen molar-refractivity contribution in [2.75, 3.05) is 17.2 Å². The first-order chi connectivity index (χ1) is 19.1. The number of ether oxygens (including phenoxy) is 1. The molecule has 9 heteroatoms. The Labute approximate surface area is 224 Å². The highest BCUT2D eigenvalue weighted by Gasteiger charge is 2.17. The number of carbonyl (C=O) groups is 1. The summed E-state index contributed by atoms with van der Waals surface area (Å²) < 4.78 is 19.5. The Morgan fingerprint density at radius 3 is 2.64 bits per heavy atom. The second-order valence-corrected chi connectivity index (χ2v) is 8.66. The summed E-state index contributed by atoms with van der Waals surface area (Å²) in [5, 5.41) is 6.17. The van der Waals surface area contributed by atoms with E-state index in [1.165, 1.54) is 18.5 Å². The van der Waals surface area contributed by atoms with E-state index >= 15 is 0 Å². The molecule has 0 bridgehead atoms. The highest BCUT2D eigenvalue weighted by atomic mass is 19.1. The molecule has 0 saturated carbocycles. The lowest BCUT2D eigenvalue weighted by Gasteiger charge is -2.20. The molecule has 39 heavy (non-hydrogen) atoms. The molecule has 2 aromatic heterocycles. The molecular formula is C30H25FN6O2. The molecule has 0 radical (unpaired) electrons. The molecule has 8 nitrogen and oxygen atoms in total. The number of rotatable bonds is 9. The van der Waals surface area contributed by atoms with Crippen LogP contribution >= 0.6 is 0 Å². The molecule has 1 amide bonds. The second kappa shape index (κ2) is 12.0. The maximum atomic E-state index is 13.6. The highest BCUT2D eigenvalue weighted by molar-refractivity contribution is 6.04. The number of fused-ring (bicyclic) bond motifs is 1. The Hall–Kier alpha value is -5.07. The molecule has 3 aromatic carbocycles. The van der Waals surface area contributed by atoms with Crippen LogP contribution in [0.1, 0.15) is 24.1 Å². The van der Waals surface area contributed by atoms with Crippen molar-refractivity contribution < 1.29 is 13.9 Å². The Morgan fingerprint density at radius 2 is 1.87 bits per heavy atom. The van der Waals surface area contributed by atoms with Crippen LogP contribution in [0.2, 0.25) is 0 Å². The summed E-state index contributed by atoms with van der Waals surface area (Å²) in [6.45, 7) is 2.20. The van der Waals surface area contributed by atoms with Gasteiger partial charge in [-0.2, -0.15) is 0 Å². The number of anilines is 2. The lowest BCUT2D eigenvalue weighted by Crippen LogP contribution is -2.18. The molecule has 0 unspecified atom stereocenters. The van der Waals surface area contributed by atoms with Crippen molar-refractivity contribution in [3.63, 3.8) is 0 Å². The number of hydrogen-bond donors (Lipinski definition) is 3. The summed E-state index contributed by atoms with van der Waals surface area (Å²) in [6.07, 6.45) is 1.47. The minimum absolute atomic E-state index is 0.243. The molecule has 3 N–H and O–H groups in total. The number of aromatic amines is 1. The molecule has 0 aliphatic rings. The molecule has 194 valence electrons. The fraction of sp³-hybridized carbons (Fsp3) is 0.133. The van der Waals surface area contributed by atoms with Gasteiger partial charge in [-0.15, -0.1) is 0 Å². The molecule has 1 atom stereocenters. The Bertz CT molecular complexity index is 1640. The topological polar surface area (TPSA) is 105 Å². The fourth-order valence-corrected chi connectivity index (χ4v) is 4.05. The zero-order valence-electron chi connectivity index (χ0n) is 21.1. The fourth-order valence-electron chi connectivity index (χ4n) is 4.05. The van der Waals surface area contributed by atoms with Gasteiger partial charge in [0.05, 0.1) is 19.3 Å². The Morgan fingerprint density at radius 1 is 1.05 bits per heavy atom. The molecule has 5 rings (SSSR count). The van der Waals surface area contributed by atoms with Gasteiger partial charge in [-0.25, -0.2) is 19.3 Å². The lowest BCUT2D eigenvalue weighted by molar-refractivity contribution is -0.111. The first kappa shape index (κ1) is 25.6. The van der Waals surface area contributed by atoms with Crippen molar-refractivity contribution in [1.29, 1.82) is 0 Å². The van der Waals surface area contributed by atoms with E-state index in [1.807, 2.05) is 48.5 Å². The SMILES string of the molecule is CC#CC(=O)Nc1ccc(-c2nc3c(N[C@H](COCc4cccc(F)c4)c4ccccc4)ncnc3[nH]2)cc1. The lowest BCUT2D eigenvalue weighted by atomic mass is 10.1. The van der Waals surface area contributed by atoms with Gasteiger partial charge >= 0.3 is 0 Å². The van der Waals surface area contributed by atoms with Crippen molar-refractivity contribution in [3.05, 3.63) is 102 Å². The summed E-state index contributed by atoms with van der Waals surface area (Å²) in [5.74, 6) is 5.52. The van der Waals surface area contributed by atoms with Gasteiger partial charge in [0, 0.05) is 11.3 Å². The van der Waals surface area contributed by atoms with Crippen LogP contribution in [0, 0.1) is 17.7 Å². The molecule has 2 heterocycles. The van der Waals surface area contributed by atoms with Crippen LogP contribution in [-0.4, -0.2) is 32.4 Å². The van der Waals surface area contributed by atoms with Crippen LogP contribution < -0.4 is 10.6 Å². The van der Waals surface area contributed by atoms with Gasteiger partial charge in [0.2, 0.25) is 0 Å². The molecule has 0 fully saturated rings. The Balaban J connectivity index is 1.36. The standard InChI is InChI=1S/C30H25FN6O2/c1-2-7-26(38)34-24-14-12-22(13-15-24)28-36-27-29(32-19-33-30(27)37-28)35-25(21-9-4-3-5-10-21)18-39-17-20-8-6-11-23(31)16-20/h3-6,8-16,19,25H,17-18H2,1H3,(H,34,38)(H2,32,33,35,36,37)/t25-/m1/s1. The predicted octanol–water partition coefficient (Wildman–Crippen LogP) is 5.49. The van der Waals surface area contributed by atoms with Crippen LogP contribution in [0.3, 0.4) is 0 Å². The smallest absolute Gasteiger partial charge is 0.300 e. The van der Waals surface area contributed by atoms with Crippen molar-refractivity contribution in [2.24, 2.45) is 0 Å². The zero-order valence-corrected chi connectivity index (χ0v) is 21.1. The maximum Gasteiger partial charge on any atom is 0.300 e. The maximum absolute atomic E-state index is 13.6. The number of benzene rings is 3. The van der Waals surface area contributed by atoms with Crippen LogP contribution in [0.25, 0.3) is 22.6 Å². The van der Waals surface area contributed by atoms with Gasteiger partial charge in [0.1, 0.15) is 18.0 Å². The molecule has 0 aliphatic heterocycles. The Kier molecular flexibility index (Phi) is 7.86. The van der Waals surface area contributed by atoms with E-state index in [0.29, 0.717) is 35.1 Å². The number of H-pyrrole nitrogens is 1. The summed E-state index contributed by atoms with van der Waals surface area (Å²) in [7, 11) is 0. The van der Waals surface area contributed by atoms with E-state index in [-0.39, 0.29) is 24.4 Å². The number of amides is 1. The molecule has 0 aliphatic carbocycles. The molecular weight excluding hydrogens is 495 g/mol. The summed E-state index contributed by atoms with van der Waals surface area (Å²) in [6, 6.07) is 23.3. The molecule has 5 aromatic rings. The van der Waals surface area contributed by atoms with Crippen molar-refractivity contribution >= 4 is 28.6 Å². The van der Waals surface area contributed by atoms with Crippen molar-refractivity contribution in [2.45, 2.75) is 19.6 Å². The number of halogens is 1. The van der Waals surface area contributed by atoms with E-state index in [1.54, 1.807) is 25.1 Å². The monoisotopic (exact) mass is 520 g/mol. The minimum Gasteiger partial charge on any atom is -0.374 e. The normalized spacial score (nSPS) is 11.4. The average molecular weight is 521 g/mol. The van der Waals surface area contributed by atoms with E-state index in [4.69, 9.17) is 9.72 Å². The van der Waals surface area contributed by atoms with E-state index in [9.17, 15) is 9.18 Å². The number of hydrogen-bond acceptors (Lipinski definition) is 6. The first-order valence-electron chi connectivity index (χ1n) is 12.3. The second-order valence-electron chi connectivity index (χ2n) is 8.66. The van der Waals surface area contributed by atoms with Gasteiger partial charge in [0.15, 0.2) is 17.0 Å². The summed E-state index contributed by atoms with van der Waals surface area (Å²) >= 11 is 0. The predicted molar refractivity (Wildman–Crippen MR) is 148 cm³/mol. The van der Waals surface area contributed by atoms with E-state index < -0.39 is 0 Å². The largest absolute Gasteiger partial charge is 0.374 e. The zero-order chi connectivity index (χ0) is 27.0. The third-order valence-corrected chi connectivity index (χ3v) is 5.89. The number of carbonyl (C=O) groups excluding carboxylic acids is 1. The van der Waals surface area contributed by atoms with Crippen LogP contribution in [-0.2, 0) is 16.1 Å². The third kappa shape index (κ3) is 6.44. The summed E-state index contributed by atoms with van der Waals surface area (Å²) in [4.78, 5) is 28.5. The number of imidazole rings is 1. The highest BCUT2D eigenvalue weighted by Crippen LogP contribution is 2.27. The first-order valence-corrected chi connectivity index (χ1v) is 12.3. The van der Waals surface area contributed by atoms with E-state index in [0.717, 1.165) is 16.7 Å². The average Bonchev–Trinajstić information content (AvgIpc) is 3.39. The number of nitrogens with one attached hydrogen (secondary N) is 3.